The Labute approximate surface area is 130 Å². The molecule has 0 radical (unpaired) electrons. The molecule has 2 heterocycles. The second kappa shape index (κ2) is 6.78. The summed E-state index contributed by atoms with van der Waals surface area (Å²) in [6.07, 6.45) is 0.894. The van der Waals surface area contributed by atoms with E-state index >= 15 is 0 Å². The molecule has 7 nitrogen and oxygen atoms in total. The van der Waals surface area contributed by atoms with Crippen molar-refractivity contribution in [1.82, 2.24) is 15.2 Å². The normalized spacial score (nSPS) is 10.4. The van der Waals surface area contributed by atoms with Crippen LogP contribution in [0.2, 0.25) is 5.15 Å². The summed E-state index contributed by atoms with van der Waals surface area (Å²) in [4.78, 5) is 25.8. The molecule has 110 valence electrons. The van der Waals surface area contributed by atoms with Gasteiger partial charge in [0.15, 0.2) is 4.34 Å². The molecular weight excluding hydrogens is 343 g/mol. The van der Waals surface area contributed by atoms with Gasteiger partial charge in [0.2, 0.25) is 5.13 Å². The summed E-state index contributed by atoms with van der Waals surface area (Å²) in [6, 6.07) is 0.950. The number of aromatic nitrogens is 3. The topological polar surface area (TPSA) is 105 Å². The lowest BCUT2D eigenvalue weighted by atomic mass is 10.2. The summed E-state index contributed by atoms with van der Waals surface area (Å²) in [5, 5.41) is 18.3. The van der Waals surface area contributed by atoms with Crippen LogP contribution in [0.25, 0.3) is 0 Å². The minimum absolute atomic E-state index is 0.133. The van der Waals surface area contributed by atoms with Crippen LogP contribution in [0.5, 0.6) is 0 Å². The average molecular weight is 349 g/mol. The molecular formula is C10H6ClFN4O3S2. The van der Waals surface area contributed by atoms with Gasteiger partial charge in [0.25, 0.3) is 5.91 Å². The number of anilines is 1. The molecule has 11 heteroatoms. The maximum atomic E-state index is 13.0. The number of carboxylic acids is 1. The van der Waals surface area contributed by atoms with E-state index in [1.165, 1.54) is 0 Å². The van der Waals surface area contributed by atoms with Crippen molar-refractivity contribution in [3.05, 3.63) is 28.8 Å². The fraction of sp³-hybridized carbons (Fsp3) is 0.100. The Morgan fingerprint density at radius 1 is 1.48 bits per heavy atom. The van der Waals surface area contributed by atoms with Crippen LogP contribution in [-0.2, 0) is 4.79 Å². The molecule has 2 rings (SSSR count). The van der Waals surface area contributed by atoms with Gasteiger partial charge >= 0.3 is 5.97 Å². The number of carboxylic acid groups (broad SMARTS) is 1. The molecule has 0 aliphatic heterocycles. The molecule has 2 aromatic rings. The van der Waals surface area contributed by atoms with Gasteiger partial charge in [-0.2, -0.15) is 0 Å². The van der Waals surface area contributed by atoms with E-state index in [1.54, 1.807) is 0 Å². The second-order valence-electron chi connectivity index (χ2n) is 3.50. The Hall–Kier alpha value is -1.78. The molecule has 0 unspecified atom stereocenters. The van der Waals surface area contributed by atoms with E-state index in [9.17, 15) is 14.0 Å². The van der Waals surface area contributed by atoms with Crippen molar-refractivity contribution in [2.45, 2.75) is 4.34 Å². The zero-order chi connectivity index (χ0) is 15.4. The Kier molecular flexibility index (Phi) is 5.04. The van der Waals surface area contributed by atoms with Crippen molar-refractivity contribution in [3.63, 3.8) is 0 Å². The van der Waals surface area contributed by atoms with Gasteiger partial charge in [-0.25, -0.2) is 9.37 Å². The van der Waals surface area contributed by atoms with Crippen molar-refractivity contribution < 1.29 is 19.1 Å². The number of pyridine rings is 1. The first-order chi connectivity index (χ1) is 9.95. The predicted molar refractivity (Wildman–Crippen MR) is 75.4 cm³/mol. The van der Waals surface area contributed by atoms with Gasteiger partial charge in [0.05, 0.1) is 17.5 Å². The number of nitrogens with one attached hydrogen (secondary N) is 1. The lowest BCUT2D eigenvalue weighted by molar-refractivity contribution is -0.133. The minimum Gasteiger partial charge on any atom is -0.481 e. The van der Waals surface area contributed by atoms with Crippen LogP contribution in [0.1, 0.15) is 10.4 Å². The Balaban J connectivity index is 2.06. The number of amides is 1. The number of nitrogens with zero attached hydrogens (tertiary/aromatic N) is 3. The number of carbonyl (C=O) groups excluding carboxylic acids is 1. The van der Waals surface area contributed by atoms with Crippen molar-refractivity contribution in [1.29, 1.82) is 0 Å². The van der Waals surface area contributed by atoms with Gasteiger partial charge in [0.1, 0.15) is 11.0 Å². The molecule has 1 amide bonds. The smallest absolute Gasteiger partial charge is 0.313 e. The molecule has 0 aliphatic carbocycles. The van der Waals surface area contributed by atoms with Crippen LogP contribution in [-0.4, -0.2) is 37.9 Å². The van der Waals surface area contributed by atoms with Crippen LogP contribution in [0, 0.1) is 5.82 Å². The van der Waals surface area contributed by atoms with E-state index in [-0.39, 0.29) is 21.6 Å². The standard InChI is InChI=1S/C10H6ClFN4O3S2/c11-7-5(1-4(12)2-13-7)8(19)14-9-15-16-10(21-9)20-3-6(17)18/h1-2H,3H2,(H,17,18)(H,14,15,19). The SMILES string of the molecule is O=C(O)CSc1nnc(NC(=O)c2cc(F)cnc2Cl)s1. The average Bonchev–Trinajstić information content (AvgIpc) is 2.86. The van der Waals surface area contributed by atoms with Gasteiger partial charge in [-0.3, -0.25) is 14.9 Å². The van der Waals surface area contributed by atoms with Gasteiger partial charge in [-0.05, 0) is 6.07 Å². The molecule has 0 atom stereocenters. The van der Waals surface area contributed by atoms with E-state index in [0.717, 1.165) is 35.4 Å². The van der Waals surface area contributed by atoms with Crippen LogP contribution in [0.3, 0.4) is 0 Å². The molecule has 21 heavy (non-hydrogen) atoms. The highest BCUT2D eigenvalue weighted by atomic mass is 35.5. The van der Waals surface area contributed by atoms with E-state index in [4.69, 9.17) is 16.7 Å². The maximum Gasteiger partial charge on any atom is 0.313 e. The maximum absolute atomic E-state index is 13.0. The predicted octanol–water partition coefficient (Wildman–Crippen LogP) is 2.15. The van der Waals surface area contributed by atoms with E-state index < -0.39 is 17.7 Å². The van der Waals surface area contributed by atoms with Crippen molar-refractivity contribution in [2.75, 3.05) is 11.1 Å². The molecule has 0 fully saturated rings. The number of halogens is 2. The highest BCUT2D eigenvalue weighted by Gasteiger charge is 2.15. The summed E-state index contributed by atoms with van der Waals surface area (Å²) in [5.74, 6) is -2.53. The van der Waals surface area contributed by atoms with Gasteiger partial charge in [-0.15, -0.1) is 10.2 Å². The third-order valence-corrected chi connectivity index (χ3v) is 4.25. The number of hydrogen-bond donors (Lipinski definition) is 2. The first-order valence-corrected chi connectivity index (χ1v) is 7.44. The molecule has 0 aromatic carbocycles. The number of carbonyl (C=O) groups is 2. The summed E-state index contributed by atoms with van der Waals surface area (Å²) >= 11 is 7.68. The molecule has 0 aliphatic rings. The summed E-state index contributed by atoms with van der Waals surface area (Å²) in [6.45, 7) is 0. The summed E-state index contributed by atoms with van der Waals surface area (Å²) in [5.41, 5.74) is -0.133. The highest BCUT2D eigenvalue weighted by molar-refractivity contribution is 8.01. The summed E-state index contributed by atoms with van der Waals surface area (Å²) in [7, 11) is 0. The molecule has 0 bridgehead atoms. The second-order valence-corrected chi connectivity index (χ2v) is 6.06. The Morgan fingerprint density at radius 2 is 2.24 bits per heavy atom. The number of hydrogen-bond acceptors (Lipinski definition) is 7. The van der Waals surface area contributed by atoms with E-state index in [1.807, 2.05) is 0 Å². The van der Waals surface area contributed by atoms with Gasteiger partial charge in [0, 0.05) is 0 Å². The fourth-order valence-electron chi connectivity index (χ4n) is 1.19. The molecule has 0 saturated carbocycles. The zero-order valence-corrected chi connectivity index (χ0v) is 12.4. The monoisotopic (exact) mass is 348 g/mol. The van der Waals surface area contributed by atoms with Gasteiger partial charge in [-0.1, -0.05) is 34.7 Å². The molecule has 0 spiro atoms. The molecule has 2 aromatic heterocycles. The quantitative estimate of drug-likeness (QED) is 0.484. The largest absolute Gasteiger partial charge is 0.481 e. The van der Waals surface area contributed by atoms with E-state index in [2.05, 4.69) is 20.5 Å². The summed E-state index contributed by atoms with van der Waals surface area (Å²) < 4.78 is 13.4. The van der Waals surface area contributed by atoms with Gasteiger partial charge < -0.3 is 5.11 Å². The number of thioether (sulfide) groups is 1. The lowest BCUT2D eigenvalue weighted by Gasteiger charge is -2.02. The van der Waals surface area contributed by atoms with E-state index in [0.29, 0.717) is 4.34 Å². The molecule has 0 saturated heterocycles. The third kappa shape index (κ3) is 4.34. The zero-order valence-electron chi connectivity index (χ0n) is 10.0. The van der Waals surface area contributed by atoms with Crippen molar-refractivity contribution >= 4 is 51.7 Å². The highest BCUT2D eigenvalue weighted by Crippen LogP contribution is 2.26. The first kappa shape index (κ1) is 15.6. The van der Waals surface area contributed by atoms with Crippen LogP contribution in [0.4, 0.5) is 9.52 Å². The fourth-order valence-corrected chi connectivity index (χ4v) is 2.84. The third-order valence-electron chi connectivity index (χ3n) is 2.00. The Bertz CT molecular complexity index is 697. The first-order valence-electron chi connectivity index (χ1n) is 5.26. The van der Waals surface area contributed by atoms with Crippen molar-refractivity contribution in [2.24, 2.45) is 0 Å². The number of aliphatic carboxylic acids is 1. The van der Waals surface area contributed by atoms with Crippen LogP contribution in [0.15, 0.2) is 16.6 Å². The lowest BCUT2D eigenvalue weighted by Crippen LogP contribution is -2.13. The Morgan fingerprint density at radius 3 is 2.95 bits per heavy atom. The van der Waals surface area contributed by atoms with Crippen LogP contribution < -0.4 is 5.32 Å². The van der Waals surface area contributed by atoms with Crippen molar-refractivity contribution in [3.8, 4) is 0 Å². The van der Waals surface area contributed by atoms with Crippen LogP contribution >= 0.6 is 34.7 Å². The minimum atomic E-state index is -0.988. The molecule has 2 N–H and O–H groups in total. The number of rotatable bonds is 5.